The van der Waals surface area contributed by atoms with Gasteiger partial charge in [0.2, 0.25) is 0 Å². The van der Waals surface area contributed by atoms with Gasteiger partial charge in [0, 0.05) is 11.6 Å². The third-order valence-electron chi connectivity index (χ3n) is 3.72. The van der Waals surface area contributed by atoms with Gasteiger partial charge in [-0.1, -0.05) is 68.8 Å². The van der Waals surface area contributed by atoms with Crippen LogP contribution in [-0.2, 0) is 16.8 Å². The molecule has 1 atom stereocenters. The normalized spacial score (nSPS) is 12.7. The van der Waals surface area contributed by atoms with E-state index in [9.17, 15) is 9.90 Å². The Labute approximate surface area is 142 Å². The van der Waals surface area contributed by atoms with E-state index in [1.165, 1.54) is 5.56 Å². The third kappa shape index (κ3) is 4.81. The van der Waals surface area contributed by atoms with Crippen molar-refractivity contribution in [3.63, 3.8) is 0 Å². The maximum absolute atomic E-state index is 12.0. The monoisotopic (exact) mass is 331 g/mol. The van der Waals surface area contributed by atoms with Gasteiger partial charge in [-0.15, -0.1) is 0 Å². The second-order valence-electron chi connectivity index (χ2n) is 6.62. The molecule has 3 nitrogen and oxygen atoms in total. The molecule has 2 N–H and O–H groups in total. The number of amides is 1. The number of hydrogen-bond acceptors (Lipinski definition) is 2. The fourth-order valence-corrected chi connectivity index (χ4v) is 2.33. The maximum atomic E-state index is 12.0. The Morgan fingerprint density at radius 2 is 1.65 bits per heavy atom. The average Bonchev–Trinajstić information content (AvgIpc) is 2.52. The van der Waals surface area contributed by atoms with E-state index in [-0.39, 0.29) is 5.41 Å². The first-order chi connectivity index (χ1) is 10.8. The van der Waals surface area contributed by atoms with E-state index >= 15 is 0 Å². The SMILES string of the molecule is CC(C)(C)c1ccc(CNC(=O)[C@H](O)c2ccc(Cl)cc2)cc1. The molecule has 0 saturated carbocycles. The van der Waals surface area contributed by atoms with Crippen LogP contribution in [0, 0.1) is 0 Å². The highest BCUT2D eigenvalue weighted by molar-refractivity contribution is 6.30. The van der Waals surface area contributed by atoms with Gasteiger partial charge in [0.05, 0.1) is 0 Å². The molecule has 0 aliphatic rings. The van der Waals surface area contributed by atoms with Gasteiger partial charge in [-0.25, -0.2) is 0 Å². The summed E-state index contributed by atoms with van der Waals surface area (Å²) in [5.74, 6) is -0.424. The topological polar surface area (TPSA) is 49.3 Å². The summed E-state index contributed by atoms with van der Waals surface area (Å²) in [7, 11) is 0. The van der Waals surface area contributed by atoms with Crippen molar-refractivity contribution in [2.24, 2.45) is 0 Å². The Hall–Kier alpha value is -1.84. The van der Waals surface area contributed by atoms with Crippen molar-refractivity contribution in [1.29, 1.82) is 0 Å². The molecule has 0 aromatic heterocycles. The lowest BCUT2D eigenvalue weighted by molar-refractivity contribution is -0.129. The molecule has 2 aromatic carbocycles. The second kappa shape index (κ2) is 7.16. The summed E-state index contributed by atoms with van der Waals surface area (Å²) in [4.78, 5) is 12.0. The molecular formula is C19H22ClNO2. The number of carbonyl (C=O) groups excluding carboxylic acids is 1. The first kappa shape index (κ1) is 17.5. The molecule has 0 bridgehead atoms. The summed E-state index contributed by atoms with van der Waals surface area (Å²) in [5, 5.41) is 13.4. The molecule has 4 heteroatoms. The zero-order valence-electron chi connectivity index (χ0n) is 13.6. The van der Waals surface area contributed by atoms with Crippen molar-refractivity contribution in [1.82, 2.24) is 5.32 Å². The molecule has 0 fully saturated rings. The van der Waals surface area contributed by atoms with Crippen LogP contribution in [0.4, 0.5) is 0 Å². The minimum atomic E-state index is -1.19. The van der Waals surface area contributed by atoms with Crippen LogP contribution in [0.5, 0.6) is 0 Å². The van der Waals surface area contributed by atoms with Gasteiger partial charge < -0.3 is 10.4 Å². The molecule has 122 valence electrons. The van der Waals surface area contributed by atoms with Crippen LogP contribution in [0.1, 0.15) is 43.6 Å². The molecule has 0 radical (unpaired) electrons. The Bertz CT molecular complexity index is 657. The highest BCUT2D eigenvalue weighted by Crippen LogP contribution is 2.22. The smallest absolute Gasteiger partial charge is 0.253 e. The summed E-state index contributed by atoms with van der Waals surface area (Å²) in [6, 6.07) is 14.7. The van der Waals surface area contributed by atoms with Gasteiger partial charge in [0.15, 0.2) is 6.10 Å². The number of hydrogen-bond donors (Lipinski definition) is 2. The zero-order valence-corrected chi connectivity index (χ0v) is 14.4. The highest BCUT2D eigenvalue weighted by Gasteiger charge is 2.17. The highest BCUT2D eigenvalue weighted by atomic mass is 35.5. The minimum absolute atomic E-state index is 0.104. The van der Waals surface area contributed by atoms with Gasteiger partial charge in [0.1, 0.15) is 0 Å². The summed E-state index contributed by atoms with van der Waals surface area (Å²) in [6.45, 7) is 6.86. The van der Waals surface area contributed by atoms with Crippen molar-refractivity contribution in [3.05, 3.63) is 70.2 Å². The summed E-state index contributed by atoms with van der Waals surface area (Å²) >= 11 is 5.80. The Morgan fingerprint density at radius 1 is 1.09 bits per heavy atom. The van der Waals surface area contributed by atoms with E-state index in [4.69, 9.17) is 11.6 Å². The number of aliphatic hydroxyl groups is 1. The van der Waals surface area contributed by atoms with Crippen molar-refractivity contribution >= 4 is 17.5 Å². The minimum Gasteiger partial charge on any atom is -0.378 e. The van der Waals surface area contributed by atoms with E-state index in [0.717, 1.165) is 5.56 Å². The van der Waals surface area contributed by atoms with Gasteiger partial charge in [0.25, 0.3) is 5.91 Å². The van der Waals surface area contributed by atoms with E-state index in [1.54, 1.807) is 24.3 Å². The molecule has 2 aromatic rings. The Kier molecular flexibility index (Phi) is 5.45. The quantitative estimate of drug-likeness (QED) is 0.890. The third-order valence-corrected chi connectivity index (χ3v) is 3.97. The van der Waals surface area contributed by atoms with Crippen LogP contribution in [0.25, 0.3) is 0 Å². The van der Waals surface area contributed by atoms with Crippen LogP contribution in [0.15, 0.2) is 48.5 Å². The first-order valence-electron chi connectivity index (χ1n) is 7.58. The predicted octanol–water partition coefficient (Wildman–Crippen LogP) is 3.99. The summed E-state index contributed by atoms with van der Waals surface area (Å²) < 4.78 is 0. The Morgan fingerprint density at radius 3 is 2.17 bits per heavy atom. The van der Waals surface area contributed by atoms with Crippen LogP contribution in [-0.4, -0.2) is 11.0 Å². The van der Waals surface area contributed by atoms with Crippen molar-refractivity contribution < 1.29 is 9.90 Å². The molecule has 2 rings (SSSR count). The van der Waals surface area contributed by atoms with Crippen LogP contribution < -0.4 is 5.32 Å². The first-order valence-corrected chi connectivity index (χ1v) is 7.96. The molecule has 1 amide bonds. The fourth-order valence-electron chi connectivity index (χ4n) is 2.20. The number of aliphatic hydroxyl groups excluding tert-OH is 1. The molecule has 23 heavy (non-hydrogen) atoms. The number of benzene rings is 2. The maximum Gasteiger partial charge on any atom is 0.253 e. The van der Waals surface area contributed by atoms with Crippen molar-refractivity contribution in [3.8, 4) is 0 Å². The number of carbonyl (C=O) groups is 1. The van der Waals surface area contributed by atoms with Gasteiger partial charge in [-0.2, -0.15) is 0 Å². The lowest BCUT2D eigenvalue weighted by Crippen LogP contribution is -2.28. The average molecular weight is 332 g/mol. The van der Waals surface area contributed by atoms with Crippen LogP contribution in [0.2, 0.25) is 5.02 Å². The zero-order chi connectivity index (χ0) is 17.0. The van der Waals surface area contributed by atoms with Gasteiger partial charge in [-0.05, 0) is 34.2 Å². The summed E-state index contributed by atoms with van der Waals surface area (Å²) in [5.41, 5.74) is 2.87. The number of halogens is 1. The summed E-state index contributed by atoms with van der Waals surface area (Å²) in [6.07, 6.45) is -1.19. The fraction of sp³-hybridized carbons (Fsp3) is 0.316. The molecule has 0 aliphatic carbocycles. The Balaban J connectivity index is 1.94. The van der Waals surface area contributed by atoms with E-state index in [2.05, 4.69) is 38.2 Å². The van der Waals surface area contributed by atoms with Crippen LogP contribution >= 0.6 is 11.6 Å². The largest absolute Gasteiger partial charge is 0.378 e. The standard InChI is InChI=1S/C19H22ClNO2/c1-19(2,3)15-8-4-13(5-9-15)12-21-18(23)17(22)14-6-10-16(20)11-7-14/h4-11,17,22H,12H2,1-3H3,(H,21,23)/t17-/m1/s1. The molecular weight excluding hydrogens is 310 g/mol. The molecule has 0 aliphatic heterocycles. The number of rotatable bonds is 4. The number of nitrogens with one attached hydrogen (secondary N) is 1. The molecule has 0 saturated heterocycles. The molecule has 0 heterocycles. The van der Waals surface area contributed by atoms with Crippen LogP contribution in [0.3, 0.4) is 0 Å². The van der Waals surface area contributed by atoms with Gasteiger partial charge >= 0.3 is 0 Å². The van der Waals surface area contributed by atoms with E-state index < -0.39 is 12.0 Å². The molecule has 0 unspecified atom stereocenters. The molecule has 0 spiro atoms. The van der Waals surface area contributed by atoms with Gasteiger partial charge in [-0.3, -0.25) is 4.79 Å². The lowest BCUT2D eigenvalue weighted by Gasteiger charge is -2.19. The lowest BCUT2D eigenvalue weighted by atomic mass is 9.87. The predicted molar refractivity (Wildman–Crippen MR) is 93.4 cm³/mol. The van der Waals surface area contributed by atoms with Crippen molar-refractivity contribution in [2.45, 2.75) is 38.8 Å². The van der Waals surface area contributed by atoms with E-state index in [1.807, 2.05) is 12.1 Å². The van der Waals surface area contributed by atoms with E-state index in [0.29, 0.717) is 17.1 Å². The van der Waals surface area contributed by atoms with Crippen molar-refractivity contribution in [2.75, 3.05) is 0 Å². The second-order valence-corrected chi connectivity index (χ2v) is 7.06.